The fourth-order valence-electron chi connectivity index (χ4n) is 16.4. The van der Waals surface area contributed by atoms with Crippen LogP contribution in [0.25, 0.3) is 200 Å². The molecule has 2 aliphatic heterocycles. The Hall–Kier alpha value is -14.2. The maximum absolute atomic E-state index is 12.3. The monoisotopic (exact) mass is 1890 g/mol. The van der Waals surface area contributed by atoms with Gasteiger partial charge in [0.2, 0.25) is 0 Å². The number of hydrogen-bond donors (Lipinski definition) is 8. The Kier molecular flexibility index (Phi) is 27.8. The Balaban J connectivity index is 0.000000198. The normalized spacial score (nSPS) is 11.8. The van der Waals surface area contributed by atoms with E-state index in [1.54, 1.807) is 0 Å². The summed E-state index contributed by atoms with van der Waals surface area (Å²) in [5.74, 6) is -2.02. The first-order chi connectivity index (χ1) is 61.8. The molecule has 0 fully saturated rings. The zero-order chi connectivity index (χ0) is 92.3. The minimum Gasteiger partial charge on any atom is -0.657 e. The number of aromatic nitrogens is 8. The number of H-pyrrole nitrogens is 1. The Bertz CT molecular complexity index is 7520. The predicted molar refractivity (Wildman–Crippen MR) is 531 cm³/mol. The number of aromatic hydroxyl groups is 4. The number of carbonyl (C=O) groups is 3. The van der Waals surface area contributed by atoms with Gasteiger partial charge in [-0.15, -0.1) is 11.0 Å². The number of benzene rings is 10. The fraction of sp³-hybridized carbons (Fsp3) is 0.170. The van der Waals surface area contributed by atoms with Crippen LogP contribution < -0.4 is 4.98 Å². The molecule has 10 heterocycles. The molecule has 18 nitrogen and oxygen atoms in total. The molecular formula is C112H99Co3N8O10-. The molecule has 8 aromatic heterocycles. The Morgan fingerprint density at radius 3 is 0.872 bits per heavy atom. The van der Waals surface area contributed by atoms with E-state index in [0.29, 0.717) is 98.6 Å². The van der Waals surface area contributed by atoms with Crippen molar-refractivity contribution in [2.75, 3.05) is 0 Å². The summed E-state index contributed by atoms with van der Waals surface area (Å²) in [6, 6.07) is 86.4. The van der Waals surface area contributed by atoms with E-state index in [0.717, 1.165) is 143 Å². The van der Waals surface area contributed by atoms with E-state index in [1.807, 2.05) is 158 Å². The fourth-order valence-corrected chi connectivity index (χ4v) is 16.4. The zero-order valence-electron chi connectivity index (χ0n) is 76.0. The van der Waals surface area contributed by atoms with Gasteiger partial charge in [0.15, 0.2) is 0 Å². The van der Waals surface area contributed by atoms with Crippen molar-refractivity contribution in [3.63, 3.8) is 0 Å². The van der Waals surface area contributed by atoms with Gasteiger partial charge >= 0.3 is 0 Å². The van der Waals surface area contributed by atoms with Gasteiger partial charge in [-0.05, 0) is 192 Å². The molecule has 0 unspecified atom stereocenters. The van der Waals surface area contributed by atoms with Crippen LogP contribution in [0.5, 0.6) is 23.0 Å². The topological polar surface area (TPSA) is 300 Å². The van der Waals surface area contributed by atoms with Gasteiger partial charge < -0.3 is 45.7 Å². The number of pyridine rings is 4. The van der Waals surface area contributed by atoms with Crippen molar-refractivity contribution in [1.29, 1.82) is 0 Å². The van der Waals surface area contributed by atoms with E-state index >= 15 is 0 Å². The molecule has 10 aromatic carbocycles. The van der Waals surface area contributed by atoms with Crippen molar-refractivity contribution >= 4 is 173 Å². The van der Waals surface area contributed by atoms with Gasteiger partial charge in [0, 0.05) is 152 Å². The molecule has 0 saturated carbocycles. The van der Waals surface area contributed by atoms with Crippen LogP contribution in [0.3, 0.4) is 0 Å². The van der Waals surface area contributed by atoms with E-state index in [-0.39, 0.29) is 95.0 Å². The molecule has 675 valence electrons. The zero-order valence-corrected chi connectivity index (χ0v) is 79.2. The van der Waals surface area contributed by atoms with E-state index < -0.39 is 17.9 Å². The average Bonchev–Trinajstić information content (AvgIpc) is 1.67. The second kappa shape index (κ2) is 38.3. The Labute approximate surface area is 800 Å². The molecule has 0 spiro atoms. The quantitative estimate of drug-likeness (QED) is 0.0760. The minimum atomic E-state index is -0.833. The van der Waals surface area contributed by atoms with Crippen LogP contribution in [0.15, 0.2) is 255 Å². The molecule has 21 heteroatoms. The molecule has 24 bridgehead atoms. The van der Waals surface area contributed by atoms with Gasteiger partial charge in [0.05, 0.1) is 66.9 Å². The van der Waals surface area contributed by atoms with Crippen LogP contribution in [-0.4, -0.2) is 88.5 Å². The first-order valence-electron chi connectivity index (χ1n) is 43.0. The number of carboxylic acid groups (broad SMARTS) is 3. The predicted octanol–water partition coefficient (Wildman–Crippen LogP) is 27.2. The van der Waals surface area contributed by atoms with Crippen LogP contribution in [0.4, 0.5) is 0 Å². The third kappa shape index (κ3) is 20.2. The van der Waals surface area contributed by atoms with Crippen molar-refractivity contribution < 1.29 is 100 Å². The summed E-state index contributed by atoms with van der Waals surface area (Å²) in [6.07, 6.45) is 7.98. The first kappa shape index (κ1) is 96.4. The summed E-state index contributed by atoms with van der Waals surface area (Å²) >= 11 is 0. The molecule has 0 aliphatic carbocycles. The summed E-state index contributed by atoms with van der Waals surface area (Å²) < 4.78 is 0. The number of rotatable bonds is 4. The third-order valence-electron chi connectivity index (χ3n) is 23.4. The van der Waals surface area contributed by atoms with Crippen LogP contribution in [0, 0.1) is 0 Å². The van der Waals surface area contributed by atoms with Gasteiger partial charge in [-0.25, -0.2) is 29.9 Å². The van der Waals surface area contributed by atoms with E-state index in [4.69, 9.17) is 64.6 Å². The van der Waals surface area contributed by atoms with Gasteiger partial charge in [-0.3, -0.25) is 14.4 Å². The Morgan fingerprint density at radius 2 is 0.526 bits per heavy atom. The molecule has 0 amide bonds. The maximum atomic E-state index is 12.3. The summed E-state index contributed by atoms with van der Waals surface area (Å²) in [5.41, 5.74) is 22.6. The van der Waals surface area contributed by atoms with Crippen LogP contribution in [-0.2, 0) is 86.4 Å². The van der Waals surface area contributed by atoms with Crippen molar-refractivity contribution in [1.82, 2.24) is 39.9 Å². The average molecular weight is 1890 g/mol. The van der Waals surface area contributed by atoms with Gasteiger partial charge in [0.25, 0.3) is 17.9 Å². The van der Waals surface area contributed by atoms with E-state index in [1.165, 1.54) is 0 Å². The van der Waals surface area contributed by atoms with Crippen LogP contribution in [0.2, 0.25) is 0 Å². The number of nitrogens with zero attached hydrogens (tertiary/aromatic N) is 7. The van der Waals surface area contributed by atoms with E-state index in [2.05, 4.69) is 209 Å². The van der Waals surface area contributed by atoms with Gasteiger partial charge in [-0.2, -0.15) is 0 Å². The number of phenols is 4. The molecule has 20 rings (SSSR count). The second-order valence-corrected chi connectivity index (χ2v) is 37.0. The maximum Gasteiger partial charge on any atom is 0.300 e. The number of aromatic amines is 1. The van der Waals surface area contributed by atoms with Gasteiger partial charge in [0.1, 0.15) is 23.0 Å². The molecule has 0 atom stereocenters. The van der Waals surface area contributed by atoms with Crippen LogP contribution in [0.1, 0.15) is 149 Å². The first-order valence-corrected chi connectivity index (χ1v) is 43.0. The molecule has 18 aromatic rings. The molecule has 133 heavy (non-hydrogen) atoms. The van der Waals surface area contributed by atoms with Crippen molar-refractivity contribution in [3.8, 4) is 67.5 Å². The van der Waals surface area contributed by atoms with Crippen molar-refractivity contribution in [3.05, 3.63) is 300 Å². The second-order valence-electron chi connectivity index (χ2n) is 37.0. The van der Waals surface area contributed by atoms with Crippen molar-refractivity contribution in [2.45, 2.75) is 126 Å². The summed E-state index contributed by atoms with van der Waals surface area (Å²) in [4.78, 5) is 67.5. The smallest absolute Gasteiger partial charge is 0.300 e. The summed E-state index contributed by atoms with van der Waals surface area (Å²) in [5, 5.41) is 80.0. The SMILES string of the molecule is CC(=O)O.CC(=O)O.CC(=O)O.CC(C)(C)c1cc2c3nc(c(-c4ccc(-c5ccccc5)cc4)c4ccc([n-]4)c4cc(C(C)(C)C)cc(c4O)c4ccc5ccc6ccc(nc6c5n4)c(c1)c2O)C=C3.CC(C)(C)c1cc2c3nc(c(-c4ccc(-c5ccccc5)cc4)c4ccc([nH]4)c4cc(C(C)(C)C)cc(c4O)c4ccc5ccc6ccc(nc6c5n4)c(c1)c2O)C=C3.[Co].[Co].[Co]. The van der Waals surface area contributed by atoms with Crippen molar-refractivity contribution in [2.24, 2.45) is 0 Å². The molecule has 0 saturated heterocycles. The molecule has 8 N–H and O–H groups in total. The number of carboxylic acids is 3. The summed E-state index contributed by atoms with van der Waals surface area (Å²) in [7, 11) is 0. The molecular weight excluding hydrogens is 1790 g/mol. The van der Waals surface area contributed by atoms with Gasteiger partial charge in [-0.1, -0.05) is 253 Å². The largest absolute Gasteiger partial charge is 0.657 e. The third-order valence-corrected chi connectivity index (χ3v) is 23.4. The minimum absolute atomic E-state index is 0. The molecule has 3 radical (unpaired) electrons. The number of hydrogen-bond acceptors (Lipinski definition) is 13. The number of fused-ring (bicyclic) bond motifs is 28. The molecule has 2 aliphatic rings. The number of aliphatic carboxylic acids is 3. The summed E-state index contributed by atoms with van der Waals surface area (Å²) in [6.45, 7) is 29.3. The standard InChI is InChI=1S/C53H44N4O2.C53H43N4O2.3C2H4O2.3Co/c2*1-52(2,3)35-26-37-41-22-24-45(54-41)47(32-14-12-31(13-15-32)30-10-8-7-9-11-30)46-25-23-42(55-46)38-27-36(53(4,5)6)29-40(51(38)59)44-21-19-34-17-16-33-18-20-43(39(28-35)50(37)58)56-48(33)49(34)57-44;3*1-2(3)4;;;/h7-29,54,58-59H,1-6H3;7-29H,1-6H3,(H2-,54,55,56,57,58,59);3*1H3,(H,3,4);;;/q;-1;;;;;;. The van der Waals surface area contributed by atoms with E-state index in [9.17, 15) is 20.4 Å². The number of nitrogens with one attached hydrogen (secondary N) is 1. The number of phenolic OH excluding ortho intramolecular Hbond substituents is 4. The van der Waals surface area contributed by atoms with Crippen LogP contribution >= 0.6 is 0 Å². The Morgan fingerprint density at radius 1 is 0.271 bits per heavy atom.